The Morgan fingerprint density at radius 3 is 2.35 bits per heavy atom. The molecule has 0 bridgehead atoms. The van der Waals surface area contributed by atoms with Gasteiger partial charge in [-0.1, -0.05) is 18.2 Å². The molecular weight excluding hydrogens is 271 g/mol. The van der Waals surface area contributed by atoms with Gasteiger partial charge in [-0.2, -0.15) is 13.2 Å². The van der Waals surface area contributed by atoms with E-state index in [0.717, 1.165) is 5.56 Å². The Hall–Kier alpha value is -2.35. The van der Waals surface area contributed by atoms with E-state index in [-0.39, 0.29) is 11.6 Å². The van der Waals surface area contributed by atoms with Crippen LogP contribution in [0.1, 0.15) is 11.4 Å². The summed E-state index contributed by atoms with van der Waals surface area (Å²) in [5.74, 6) is 3.75. The highest BCUT2D eigenvalue weighted by atomic mass is 19.4. The summed E-state index contributed by atoms with van der Waals surface area (Å²) in [7, 11) is 0. The van der Waals surface area contributed by atoms with Crippen molar-refractivity contribution in [2.24, 2.45) is 5.84 Å². The van der Waals surface area contributed by atoms with Gasteiger partial charge in [-0.05, 0) is 18.6 Å². The molecule has 0 radical (unpaired) electrons. The molecule has 1 heterocycles. The zero-order valence-electron chi connectivity index (χ0n) is 10.5. The molecule has 0 unspecified atom stereocenters. The van der Waals surface area contributed by atoms with Crippen molar-refractivity contribution in [3.8, 4) is 0 Å². The average molecular weight is 283 g/mol. The van der Waals surface area contributed by atoms with Gasteiger partial charge < -0.3 is 10.7 Å². The Kier molecular flexibility index (Phi) is 3.75. The van der Waals surface area contributed by atoms with Crippen LogP contribution in [0.25, 0.3) is 0 Å². The number of anilines is 3. The van der Waals surface area contributed by atoms with Gasteiger partial charge in [-0.15, -0.1) is 0 Å². The highest BCUT2D eigenvalue weighted by Gasteiger charge is 2.35. The molecule has 0 amide bonds. The van der Waals surface area contributed by atoms with E-state index in [0.29, 0.717) is 5.69 Å². The minimum absolute atomic E-state index is 0.00887. The van der Waals surface area contributed by atoms with Crippen molar-refractivity contribution in [3.05, 3.63) is 41.7 Å². The zero-order valence-corrected chi connectivity index (χ0v) is 10.5. The molecule has 1 aromatic heterocycles. The number of nitrogen functional groups attached to an aromatic ring is 1. The summed E-state index contributed by atoms with van der Waals surface area (Å²) in [4.78, 5) is 6.72. The highest BCUT2D eigenvalue weighted by molar-refractivity contribution is 5.62. The van der Waals surface area contributed by atoms with Gasteiger partial charge in [0.1, 0.15) is 11.6 Å². The third-order valence-electron chi connectivity index (χ3n) is 2.54. The summed E-state index contributed by atoms with van der Waals surface area (Å²) in [6.45, 7) is 1.83. The summed E-state index contributed by atoms with van der Waals surface area (Å²) >= 11 is 0. The minimum atomic E-state index is -4.64. The van der Waals surface area contributed by atoms with E-state index in [1.165, 1.54) is 6.07 Å². The largest absolute Gasteiger partial charge is 0.451 e. The maximum atomic E-state index is 12.7. The van der Waals surface area contributed by atoms with Crippen LogP contribution in [0.5, 0.6) is 0 Å². The molecule has 20 heavy (non-hydrogen) atoms. The van der Waals surface area contributed by atoms with Crippen LogP contribution in [-0.4, -0.2) is 9.97 Å². The van der Waals surface area contributed by atoms with Crippen molar-refractivity contribution >= 4 is 17.3 Å². The summed E-state index contributed by atoms with van der Waals surface area (Å²) < 4.78 is 38.0. The third kappa shape index (κ3) is 3.15. The number of hydrogen-bond acceptors (Lipinski definition) is 5. The summed E-state index contributed by atoms with van der Waals surface area (Å²) in [6.07, 6.45) is -4.64. The SMILES string of the molecule is Cc1ccccc1Nc1cc(NN)nc(C(F)(F)F)n1. The van der Waals surface area contributed by atoms with Gasteiger partial charge in [-0.25, -0.2) is 15.8 Å². The van der Waals surface area contributed by atoms with Crippen LogP contribution in [0.15, 0.2) is 30.3 Å². The molecule has 1 aromatic carbocycles. The van der Waals surface area contributed by atoms with Gasteiger partial charge in [0.2, 0.25) is 5.82 Å². The first-order valence-corrected chi connectivity index (χ1v) is 5.65. The van der Waals surface area contributed by atoms with Crippen molar-refractivity contribution < 1.29 is 13.2 Å². The second-order valence-electron chi connectivity index (χ2n) is 4.04. The number of aryl methyl sites for hydroxylation is 1. The average Bonchev–Trinajstić information content (AvgIpc) is 2.40. The normalized spacial score (nSPS) is 11.2. The molecule has 106 valence electrons. The summed E-state index contributed by atoms with van der Waals surface area (Å²) in [5.41, 5.74) is 3.62. The van der Waals surface area contributed by atoms with Crippen LogP contribution in [0.2, 0.25) is 0 Å². The fourth-order valence-electron chi connectivity index (χ4n) is 1.56. The van der Waals surface area contributed by atoms with Gasteiger partial charge in [0.15, 0.2) is 0 Å². The van der Waals surface area contributed by atoms with Gasteiger partial charge >= 0.3 is 6.18 Å². The minimum Gasteiger partial charge on any atom is -0.340 e. The van der Waals surface area contributed by atoms with Crippen molar-refractivity contribution in [3.63, 3.8) is 0 Å². The number of rotatable bonds is 3. The molecule has 0 aliphatic rings. The number of nitrogens with zero attached hydrogens (tertiary/aromatic N) is 2. The Morgan fingerprint density at radius 1 is 1.10 bits per heavy atom. The van der Waals surface area contributed by atoms with E-state index < -0.39 is 12.0 Å². The molecule has 0 saturated carbocycles. The number of aromatic nitrogens is 2. The van der Waals surface area contributed by atoms with Crippen LogP contribution >= 0.6 is 0 Å². The quantitative estimate of drug-likeness (QED) is 0.596. The third-order valence-corrected chi connectivity index (χ3v) is 2.54. The second-order valence-corrected chi connectivity index (χ2v) is 4.04. The topological polar surface area (TPSA) is 75.9 Å². The first-order chi connectivity index (χ1) is 9.40. The first kappa shape index (κ1) is 14.1. The van der Waals surface area contributed by atoms with E-state index in [1.54, 1.807) is 12.1 Å². The maximum Gasteiger partial charge on any atom is 0.451 e. The van der Waals surface area contributed by atoms with E-state index >= 15 is 0 Å². The van der Waals surface area contributed by atoms with Crippen molar-refractivity contribution in [2.75, 3.05) is 10.7 Å². The monoisotopic (exact) mass is 283 g/mol. The van der Waals surface area contributed by atoms with Crippen LogP contribution in [0.3, 0.4) is 0 Å². The van der Waals surface area contributed by atoms with Crippen LogP contribution in [0.4, 0.5) is 30.5 Å². The van der Waals surface area contributed by atoms with Crippen molar-refractivity contribution in [1.82, 2.24) is 9.97 Å². The molecular formula is C12H12F3N5. The Labute approximate surface area is 113 Å². The number of alkyl halides is 3. The Balaban J connectivity index is 2.39. The van der Waals surface area contributed by atoms with Crippen LogP contribution < -0.4 is 16.6 Å². The van der Waals surface area contributed by atoms with Crippen molar-refractivity contribution in [2.45, 2.75) is 13.1 Å². The predicted molar refractivity (Wildman–Crippen MR) is 69.3 cm³/mol. The second kappa shape index (κ2) is 5.33. The van der Waals surface area contributed by atoms with E-state index in [9.17, 15) is 13.2 Å². The summed E-state index contributed by atoms with van der Waals surface area (Å²) in [6, 6.07) is 8.45. The zero-order chi connectivity index (χ0) is 14.8. The molecule has 0 aliphatic heterocycles. The van der Waals surface area contributed by atoms with E-state index in [1.807, 2.05) is 19.1 Å². The molecule has 4 N–H and O–H groups in total. The van der Waals surface area contributed by atoms with Gasteiger partial charge in [0.25, 0.3) is 0 Å². The number of nitrogens with two attached hydrogens (primary N) is 1. The fraction of sp³-hybridized carbons (Fsp3) is 0.167. The molecule has 2 aromatic rings. The molecule has 8 heteroatoms. The van der Waals surface area contributed by atoms with Gasteiger partial charge in [-0.3, -0.25) is 0 Å². The van der Waals surface area contributed by atoms with Crippen LogP contribution in [-0.2, 0) is 6.18 Å². The van der Waals surface area contributed by atoms with Crippen LogP contribution in [0, 0.1) is 6.92 Å². The maximum absolute atomic E-state index is 12.7. The molecule has 0 aliphatic carbocycles. The predicted octanol–water partition coefficient (Wildman–Crippen LogP) is 2.83. The number of benzene rings is 1. The molecule has 2 rings (SSSR count). The Morgan fingerprint density at radius 2 is 1.75 bits per heavy atom. The lowest BCUT2D eigenvalue weighted by molar-refractivity contribution is -0.144. The fourth-order valence-corrected chi connectivity index (χ4v) is 1.56. The lowest BCUT2D eigenvalue weighted by atomic mass is 10.2. The number of hydrogen-bond donors (Lipinski definition) is 3. The first-order valence-electron chi connectivity index (χ1n) is 5.65. The highest BCUT2D eigenvalue weighted by Crippen LogP contribution is 2.29. The number of hydrazine groups is 1. The molecule has 0 fully saturated rings. The molecule has 5 nitrogen and oxygen atoms in total. The number of halogens is 3. The smallest absolute Gasteiger partial charge is 0.340 e. The lowest BCUT2D eigenvalue weighted by Gasteiger charge is -2.12. The molecule has 0 atom stereocenters. The number of para-hydroxylation sites is 1. The van der Waals surface area contributed by atoms with Gasteiger partial charge in [0.05, 0.1) is 0 Å². The van der Waals surface area contributed by atoms with E-state index in [2.05, 4.69) is 20.7 Å². The Bertz CT molecular complexity index is 612. The lowest BCUT2D eigenvalue weighted by Crippen LogP contribution is -2.16. The molecule has 0 spiro atoms. The summed E-state index contributed by atoms with van der Waals surface area (Å²) in [5, 5.41) is 2.81. The van der Waals surface area contributed by atoms with Crippen molar-refractivity contribution in [1.29, 1.82) is 0 Å². The standard InChI is InChI=1S/C12H12F3N5/c1-7-4-2-3-5-8(7)17-9-6-10(20-16)19-11(18-9)12(13,14)15/h2-6H,16H2,1H3,(H2,17,18,19,20). The molecule has 0 saturated heterocycles. The van der Waals surface area contributed by atoms with E-state index in [4.69, 9.17) is 5.84 Å². The van der Waals surface area contributed by atoms with Gasteiger partial charge in [0, 0.05) is 11.8 Å². The number of nitrogens with one attached hydrogen (secondary N) is 2.